The molecule has 0 saturated heterocycles. The number of hydrogen-bond donors (Lipinski definition) is 1. The van der Waals surface area contributed by atoms with Crippen LogP contribution in [0.25, 0.3) is 0 Å². The first kappa shape index (κ1) is 9.85. The van der Waals surface area contributed by atoms with Crippen molar-refractivity contribution in [3.63, 3.8) is 0 Å². The largest absolute Gasteiger partial charge is 0.319 e. The lowest BCUT2D eigenvalue weighted by Gasteiger charge is -2.11. The minimum Gasteiger partial charge on any atom is -0.319 e. The summed E-state index contributed by atoms with van der Waals surface area (Å²) < 4.78 is 25.1. The van der Waals surface area contributed by atoms with E-state index in [0.717, 1.165) is 3.57 Å². The number of benzene rings is 1. The molecule has 0 aliphatic heterocycles. The summed E-state index contributed by atoms with van der Waals surface area (Å²) >= 11 is 2.00. The normalized spacial score (nSPS) is 13.4. The van der Waals surface area contributed by atoms with E-state index in [1.807, 2.05) is 22.6 Å². The van der Waals surface area contributed by atoms with Crippen LogP contribution in [0.3, 0.4) is 0 Å². The molecule has 0 heterocycles. The van der Waals surface area contributed by atoms with Gasteiger partial charge >= 0.3 is 0 Å². The summed E-state index contributed by atoms with van der Waals surface area (Å²) in [6.45, 7) is 0. The number of rotatable bonds is 2. The van der Waals surface area contributed by atoms with Gasteiger partial charge in [-0.3, -0.25) is 0 Å². The molecule has 0 spiro atoms. The van der Waals surface area contributed by atoms with Crippen LogP contribution in [0.2, 0.25) is 0 Å². The molecule has 4 heteroatoms. The maximum absolute atomic E-state index is 12.2. The predicted octanol–water partition coefficient (Wildman–Crippen LogP) is 2.56. The van der Waals surface area contributed by atoms with Crippen LogP contribution in [0.5, 0.6) is 0 Å². The monoisotopic (exact) mass is 283 g/mol. The number of alkyl halides is 2. The van der Waals surface area contributed by atoms with Gasteiger partial charge in [0.2, 0.25) is 0 Å². The first-order valence-corrected chi connectivity index (χ1v) is 4.49. The van der Waals surface area contributed by atoms with E-state index in [0.29, 0.717) is 5.56 Å². The zero-order valence-corrected chi connectivity index (χ0v) is 8.33. The van der Waals surface area contributed by atoms with Crippen molar-refractivity contribution in [2.24, 2.45) is 5.73 Å². The summed E-state index contributed by atoms with van der Waals surface area (Å²) in [5.41, 5.74) is 5.79. The molecule has 0 aliphatic rings. The van der Waals surface area contributed by atoms with E-state index in [-0.39, 0.29) is 0 Å². The third-order valence-electron chi connectivity index (χ3n) is 1.54. The van der Waals surface area contributed by atoms with Gasteiger partial charge in [0.25, 0.3) is 6.43 Å². The van der Waals surface area contributed by atoms with Gasteiger partial charge in [0.05, 0.1) is 6.04 Å². The lowest BCUT2D eigenvalue weighted by atomic mass is 10.1. The fraction of sp³-hybridized carbons (Fsp3) is 0.250. The van der Waals surface area contributed by atoms with Gasteiger partial charge in [-0.05, 0) is 34.2 Å². The second kappa shape index (κ2) is 4.13. The molecule has 0 saturated carbocycles. The van der Waals surface area contributed by atoms with Crippen molar-refractivity contribution in [3.05, 3.63) is 33.4 Å². The Hall–Kier alpha value is -0.230. The highest BCUT2D eigenvalue weighted by atomic mass is 127. The Labute approximate surface area is 83.1 Å². The van der Waals surface area contributed by atoms with E-state index < -0.39 is 12.5 Å². The van der Waals surface area contributed by atoms with Crippen LogP contribution in [0.15, 0.2) is 24.3 Å². The zero-order chi connectivity index (χ0) is 9.14. The molecule has 0 radical (unpaired) electrons. The molecule has 0 bridgehead atoms. The Morgan fingerprint density at radius 2 is 1.83 bits per heavy atom. The van der Waals surface area contributed by atoms with Crippen LogP contribution in [0.4, 0.5) is 8.78 Å². The van der Waals surface area contributed by atoms with E-state index in [1.54, 1.807) is 24.3 Å². The SMILES string of the molecule is N[C@H](c1ccccc1I)C(F)F. The van der Waals surface area contributed by atoms with Gasteiger partial charge in [-0.2, -0.15) is 0 Å². The topological polar surface area (TPSA) is 26.0 Å². The summed E-state index contributed by atoms with van der Waals surface area (Å²) in [5.74, 6) is 0. The molecule has 0 amide bonds. The maximum atomic E-state index is 12.2. The van der Waals surface area contributed by atoms with Crippen LogP contribution in [0, 0.1) is 3.57 Å². The first-order chi connectivity index (χ1) is 5.63. The average Bonchev–Trinajstić information content (AvgIpc) is 2.04. The Balaban J connectivity index is 2.94. The Kier molecular flexibility index (Phi) is 3.39. The molecular formula is C8H8F2IN. The van der Waals surface area contributed by atoms with Crippen LogP contribution < -0.4 is 5.73 Å². The lowest BCUT2D eigenvalue weighted by molar-refractivity contribution is 0.116. The third kappa shape index (κ3) is 2.13. The van der Waals surface area contributed by atoms with Crippen LogP contribution in [0.1, 0.15) is 11.6 Å². The van der Waals surface area contributed by atoms with E-state index in [1.165, 1.54) is 0 Å². The second-order valence-electron chi connectivity index (χ2n) is 2.38. The second-order valence-corrected chi connectivity index (χ2v) is 3.54. The van der Waals surface area contributed by atoms with Crippen molar-refractivity contribution in [1.82, 2.24) is 0 Å². The molecular weight excluding hydrogens is 275 g/mol. The molecule has 66 valence electrons. The number of hydrogen-bond acceptors (Lipinski definition) is 1. The molecule has 1 nitrogen and oxygen atoms in total. The summed E-state index contributed by atoms with van der Waals surface area (Å²) in [4.78, 5) is 0. The van der Waals surface area contributed by atoms with Gasteiger partial charge in [0.15, 0.2) is 0 Å². The molecule has 1 aromatic carbocycles. The van der Waals surface area contributed by atoms with Gasteiger partial charge < -0.3 is 5.73 Å². The lowest BCUT2D eigenvalue weighted by Crippen LogP contribution is -2.19. The molecule has 12 heavy (non-hydrogen) atoms. The van der Waals surface area contributed by atoms with Gasteiger partial charge in [-0.1, -0.05) is 18.2 Å². The predicted molar refractivity (Wildman–Crippen MR) is 52.1 cm³/mol. The Morgan fingerprint density at radius 3 is 2.33 bits per heavy atom. The maximum Gasteiger partial charge on any atom is 0.257 e. The number of nitrogens with two attached hydrogens (primary N) is 1. The highest BCUT2D eigenvalue weighted by Gasteiger charge is 2.18. The van der Waals surface area contributed by atoms with Crippen LogP contribution in [-0.2, 0) is 0 Å². The Bertz CT molecular complexity index is 265. The molecule has 0 aliphatic carbocycles. The molecule has 1 aromatic rings. The highest BCUT2D eigenvalue weighted by Crippen LogP contribution is 2.22. The van der Waals surface area contributed by atoms with Crippen molar-refractivity contribution < 1.29 is 8.78 Å². The smallest absolute Gasteiger partial charge is 0.257 e. The van der Waals surface area contributed by atoms with E-state index in [9.17, 15) is 8.78 Å². The van der Waals surface area contributed by atoms with Crippen molar-refractivity contribution in [2.75, 3.05) is 0 Å². The van der Waals surface area contributed by atoms with Gasteiger partial charge in [0, 0.05) is 3.57 Å². The fourth-order valence-electron chi connectivity index (χ4n) is 0.881. The fourth-order valence-corrected chi connectivity index (χ4v) is 1.63. The minimum absolute atomic E-state index is 0.508. The highest BCUT2D eigenvalue weighted by molar-refractivity contribution is 14.1. The molecule has 0 aromatic heterocycles. The molecule has 0 unspecified atom stereocenters. The molecule has 1 atom stereocenters. The summed E-state index contributed by atoms with van der Waals surface area (Å²) in [6.07, 6.45) is -2.50. The Morgan fingerprint density at radius 1 is 1.25 bits per heavy atom. The van der Waals surface area contributed by atoms with Gasteiger partial charge in [-0.15, -0.1) is 0 Å². The van der Waals surface area contributed by atoms with Gasteiger partial charge in [0.1, 0.15) is 0 Å². The van der Waals surface area contributed by atoms with Gasteiger partial charge in [-0.25, -0.2) is 8.78 Å². The molecule has 1 rings (SSSR count). The standard InChI is InChI=1S/C8H8F2IN/c9-8(10)7(12)5-3-1-2-4-6(5)11/h1-4,7-8H,12H2/t7-/m1/s1. The van der Waals surface area contributed by atoms with E-state index in [4.69, 9.17) is 5.73 Å². The van der Waals surface area contributed by atoms with E-state index >= 15 is 0 Å². The van der Waals surface area contributed by atoms with Crippen molar-refractivity contribution in [1.29, 1.82) is 0 Å². The third-order valence-corrected chi connectivity index (χ3v) is 2.52. The minimum atomic E-state index is -2.50. The van der Waals surface area contributed by atoms with Crippen molar-refractivity contribution >= 4 is 22.6 Å². The quantitative estimate of drug-likeness (QED) is 0.829. The van der Waals surface area contributed by atoms with E-state index in [2.05, 4.69) is 0 Å². The summed E-state index contributed by atoms with van der Waals surface area (Å²) in [6, 6.07) is 5.72. The van der Waals surface area contributed by atoms with Crippen molar-refractivity contribution in [2.45, 2.75) is 12.5 Å². The zero-order valence-electron chi connectivity index (χ0n) is 6.18. The average molecular weight is 283 g/mol. The molecule has 2 N–H and O–H groups in total. The van der Waals surface area contributed by atoms with Crippen LogP contribution in [-0.4, -0.2) is 6.43 Å². The first-order valence-electron chi connectivity index (χ1n) is 3.41. The summed E-state index contributed by atoms with van der Waals surface area (Å²) in [5, 5.41) is 0. The molecule has 0 fully saturated rings. The number of halogens is 3. The summed E-state index contributed by atoms with van der Waals surface area (Å²) in [7, 11) is 0. The van der Waals surface area contributed by atoms with Crippen molar-refractivity contribution in [3.8, 4) is 0 Å². The van der Waals surface area contributed by atoms with Crippen LogP contribution >= 0.6 is 22.6 Å².